The second-order valence-corrected chi connectivity index (χ2v) is 12.8. The molecule has 0 unspecified atom stereocenters. The Bertz CT molecular complexity index is 2560. The van der Waals surface area contributed by atoms with E-state index in [1.165, 1.54) is 16.7 Å². The van der Waals surface area contributed by atoms with Gasteiger partial charge in [0.05, 0.1) is 5.56 Å². The van der Waals surface area contributed by atoms with Crippen LogP contribution in [0.5, 0.6) is 0 Å². The SMILES string of the molecule is Cc1c[c-]c(-c2cc(C)c(C)cn2)cc1.Cc1cccc2c1oc1c(-c3ccnc(-c4[c-]cccc4)c3)c3oc4c(C)cccc4c3cc12.[Ir]. The first-order valence-electron chi connectivity index (χ1n) is 16.5. The van der Waals surface area contributed by atoms with E-state index in [0.29, 0.717) is 0 Å². The Balaban J connectivity index is 0.000000207. The van der Waals surface area contributed by atoms with Crippen LogP contribution in [0.3, 0.4) is 0 Å². The molecule has 9 rings (SSSR count). The molecule has 1 radical (unpaired) electrons. The number of hydrogen-bond donors (Lipinski definition) is 0. The number of fused-ring (bicyclic) bond motifs is 6. The first kappa shape index (κ1) is 33.2. The van der Waals surface area contributed by atoms with Gasteiger partial charge >= 0.3 is 0 Å². The van der Waals surface area contributed by atoms with Gasteiger partial charge in [-0.15, -0.1) is 71.3 Å². The van der Waals surface area contributed by atoms with Crippen molar-refractivity contribution in [1.29, 1.82) is 0 Å². The third kappa shape index (κ3) is 5.93. The van der Waals surface area contributed by atoms with Gasteiger partial charge in [0.1, 0.15) is 22.3 Å². The summed E-state index contributed by atoms with van der Waals surface area (Å²) < 4.78 is 13.1. The van der Waals surface area contributed by atoms with Gasteiger partial charge in [0.15, 0.2) is 0 Å². The van der Waals surface area contributed by atoms with E-state index in [1.807, 2.05) is 48.8 Å². The molecule has 0 atom stereocenters. The largest absolute Gasteiger partial charge is 0.455 e. The Morgan fingerprint density at radius 3 is 1.78 bits per heavy atom. The molecule has 4 aromatic heterocycles. The van der Waals surface area contributed by atoms with Crippen LogP contribution in [0.25, 0.3) is 77.5 Å². The van der Waals surface area contributed by atoms with Gasteiger partial charge < -0.3 is 18.8 Å². The molecular weight excluding hydrogens is 793 g/mol. The van der Waals surface area contributed by atoms with Crippen molar-refractivity contribution in [3.63, 3.8) is 0 Å². The number of hydrogen-bond acceptors (Lipinski definition) is 4. The zero-order valence-corrected chi connectivity index (χ0v) is 30.9. The molecule has 50 heavy (non-hydrogen) atoms. The number of aromatic nitrogens is 2. The zero-order chi connectivity index (χ0) is 33.6. The third-order valence-electron chi connectivity index (χ3n) is 9.29. The summed E-state index contributed by atoms with van der Waals surface area (Å²) in [7, 11) is 0. The molecule has 0 aliphatic carbocycles. The molecule has 0 aliphatic rings. The van der Waals surface area contributed by atoms with E-state index in [4.69, 9.17) is 8.83 Å². The number of rotatable bonds is 3. The molecule has 0 fully saturated rings. The van der Waals surface area contributed by atoms with E-state index >= 15 is 0 Å². The summed E-state index contributed by atoms with van der Waals surface area (Å²) in [4.78, 5) is 9.02. The van der Waals surface area contributed by atoms with Crippen molar-refractivity contribution >= 4 is 43.9 Å². The van der Waals surface area contributed by atoms with E-state index in [9.17, 15) is 0 Å². The van der Waals surface area contributed by atoms with Crippen molar-refractivity contribution in [2.45, 2.75) is 34.6 Å². The fourth-order valence-corrected chi connectivity index (χ4v) is 6.45. The molecular formula is C45H34IrN2O2-2. The minimum absolute atomic E-state index is 0. The van der Waals surface area contributed by atoms with Gasteiger partial charge in [0.25, 0.3) is 0 Å². The molecule has 0 amide bonds. The second kappa shape index (κ2) is 13.5. The Kier molecular flexibility index (Phi) is 8.96. The number of nitrogens with zero attached hydrogens (tertiary/aromatic N) is 2. The third-order valence-corrected chi connectivity index (χ3v) is 9.29. The van der Waals surface area contributed by atoms with Crippen molar-refractivity contribution in [3.8, 4) is 33.6 Å². The van der Waals surface area contributed by atoms with Crippen molar-refractivity contribution in [3.05, 3.63) is 155 Å². The molecule has 0 bridgehead atoms. The van der Waals surface area contributed by atoms with Crippen LogP contribution in [0.4, 0.5) is 0 Å². The van der Waals surface area contributed by atoms with Crippen molar-refractivity contribution in [2.75, 3.05) is 0 Å². The molecule has 4 nitrogen and oxygen atoms in total. The van der Waals surface area contributed by atoms with Gasteiger partial charge in [-0.25, -0.2) is 0 Å². The Labute approximate surface area is 305 Å². The summed E-state index contributed by atoms with van der Waals surface area (Å²) in [6, 6.07) is 41.6. The fourth-order valence-electron chi connectivity index (χ4n) is 6.45. The molecule has 4 heterocycles. The van der Waals surface area contributed by atoms with Gasteiger partial charge in [-0.05, 0) is 73.5 Å². The fraction of sp³-hybridized carbons (Fsp3) is 0.111. The topological polar surface area (TPSA) is 52.1 Å². The van der Waals surface area contributed by atoms with Gasteiger partial charge in [-0.2, -0.15) is 0 Å². The van der Waals surface area contributed by atoms with Crippen LogP contribution in [0.15, 0.2) is 124 Å². The van der Waals surface area contributed by atoms with E-state index in [-0.39, 0.29) is 20.1 Å². The standard InChI is InChI=1S/C31H20NO2.C14H14N.Ir/c1-18-8-6-12-22-24-17-25-23-13-7-9-19(2)29(23)34-31(25)27(30(24)33-28(18)22)21-14-15-32-26(16-21)20-10-4-3-5-11-20;1-10-4-6-13(7-5-10)14-8-11(2)12(3)9-15-14;/h3-10,12-17H,1-2H3;4-6,8-9H,1-3H3;/q2*-1;. The average Bonchev–Trinajstić information content (AvgIpc) is 3.69. The molecule has 247 valence electrons. The van der Waals surface area contributed by atoms with Crippen molar-refractivity contribution in [1.82, 2.24) is 9.97 Å². The summed E-state index contributed by atoms with van der Waals surface area (Å²) in [5.41, 5.74) is 15.3. The molecule has 9 aromatic rings. The maximum atomic E-state index is 6.56. The molecule has 0 saturated carbocycles. The van der Waals surface area contributed by atoms with Crippen molar-refractivity contribution in [2.24, 2.45) is 0 Å². The predicted molar refractivity (Wildman–Crippen MR) is 201 cm³/mol. The molecule has 0 saturated heterocycles. The van der Waals surface area contributed by atoms with Crippen LogP contribution in [0.1, 0.15) is 27.8 Å². The molecule has 5 aromatic carbocycles. The maximum absolute atomic E-state index is 6.56. The van der Waals surface area contributed by atoms with E-state index in [2.05, 4.69) is 123 Å². The summed E-state index contributed by atoms with van der Waals surface area (Å²) in [6.45, 7) is 10.4. The number of furan rings is 2. The van der Waals surface area contributed by atoms with Crippen LogP contribution in [-0.2, 0) is 20.1 Å². The van der Waals surface area contributed by atoms with Gasteiger partial charge in [-0.3, -0.25) is 0 Å². The molecule has 5 heteroatoms. The molecule has 0 N–H and O–H groups in total. The van der Waals surface area contributed by atoms with Crippen LogP contribution < -0.4 is 0 Å². The first-order valence-corrected chi connectivity index (χ1v) is 16.5. The van der Waals surface area contributed by atoms with E-state index in [0.717, 1.165) is 88.6 Å². The molecule has 0 spiro atoms. The quantitative estimate of drug-likeness (QED) is 0.167. The van der Waals surface area contributed by atoms with Crippen LogP contribution in [0, 0.1) is 46.8 Å². The average molecular weight is 827 g/mol. The normalized spacial score (nSPS) is 11.1. The van der Waals surface area contributed by atoms with Gasteiger partial charge in [0, 0.05) is 54.0 Å². The number of para-hydroxylation sites is 2. The molecule has 0 aliphatic heterocycles. The Hall–Kier alpha value is -5.35. The van der Waals surface area contributed by atoms with Crippen LogP contribution in [0.2, 0.25) is 0 Å². The zero-order valence-electron chi connectivity index (χ0n) is 28.5. The van der Waals surface area contributed by atoms with E-state index < -0.39 is 0 Å². The summed E-state index contributed by atoms with van der Waals surface area (Å²) in [5, 5.41) is 4.42. The van der Waals surface area contributed by atoms with Crippen LogP contribution >= 0.6 is 0 Å². The summed E-state index contributed by atoms with van der Waals surface area (Å²) in [6.07, 6.45) is 3.76. The Morgan fingerprint density at radius 1 is 0.520 bits per heavy atom. The summed E-state index contributed by atoms with van der Waals surface area (Å²) in [5.74, 6) is 0. The second-order valence-electron chi connectivity index (χ2n) is 12.8. The number of aryl methyl sites for hydroxylation is 5. The van der Waals surface area contributed by atoms with E-state index in [1.54, 1.807) is 0 Å². The van der Waals surface area contributed by atoms with Gasteiger partial charge in [-0.1, -0.05) is 61.0 Å². The minimum atomic E-state index is 0. The number of benzene rings is 5. The van der Waals surface area contributed by atoms with Crippen LogP contribution in [-0.4, -0.2) is 9.97 Å². The van der Waals surface area contributed by atoms with Gasteiger partial charge in [0.2, 0.25) is 0 Å². The first-order chi connectivity index (χ1) is 23.9. The Morgan fingerprint density at radius 2 is 1.18 bits per heavy atom. The monoisotopic (exact) mass is 827 g/mol. The summed E-state index contributed by atoms with van der Waals surface area (Å²) >= 11 is 0. The smallest absolute Gasteiger partial charge is 0.147 e. The predicted octanol–water partition coefficient (Wildman–Crippen LogP) is 12.1. The maximum Gasteiger partial charge on any atom is 0.147 e. The van der Waals surface area contributed by atoms with Crippen molar-refractivity contribution < 1.29 is 28.9 Å². The minimum Gasteiger partial charge on any atom is -0.455 e. The number of pyridine rings is 2.